The number of fused-ring (bicyclic) bond motifs is 2. The highest BCUT2D eigenvalue weighted by molar-refractivity contribution is 7.90. The Morgan fingerprint density at radius 1 is 0.846 bits per heavy atom. The minimum atomic E-state index is -4.01. The monoisotopic (exact) mass is 533 g/mol. The van der Waals surface area contributed by atoms with Gasteiger partial charge in [0.25, 0.3) is 10.0 Å². The summed E-state index contributed by atoms with van der Waals surface area (Å²) in [5.41, 5.74) is 11.4. The van der Waals surface area contributed by atoms with Gasteiger partial charge >= 0.3 is 0 Å². The van der Waals surface area contributed by atoms with Gasteiger partial charge in [-0.2, -0.15) is 0 Å². The van der Waals surface area contributed by atoms with E-state index in [0.29, 0.717) is 16.6 Å². The molecule has 2 aromatic carbocycles. The number of amides is 1. The van der Waals surface area contributed by atoms with Gasteiger partial charge in [0.1, 0.15) is 0 Å². The Bertz CT molecular complexity index is 2020. The van der Waals surface area contributed by atoms with Crippen molar-refractivity contribution in [1.82, 2.24) is 18.9 Å². The molecule has 0 saturated carbocycles. The lowest BCUT2D eigenvalue weighted by Gasteiger charge is -2.11. The topological polar surface area (TPSA) is 121 Å². The molecule has 6 rings (SSSR count). The fourth-order valence-electron chi connectivity index (χ4n) is 4.94. The average molecular weight is 534 g/mol. The van der Waals surface area contributed by atoms with Crippen molar-refractivity contribution in [2.45, 2.75) is 18.7 Å². The molecule has 0 unspecified atom stereocenters. The predicted octanol–water partition coefficient (Wildman–Crippen LogP) is 5.27. The van der Waals surface area contributed by atoms with Crippen LogP contribution in [0.4, 0.5) is 0 Å². The van der Waals surface area contributed by atoms with Gasteiger partial charge < -0.3 is 5.73 Å². The maximum atomic E-state index is 13.9. The van der Waals surface area contributed by atoms with E-state index in [9.17, 15) is 13.2 Å². The van der Waals surface area contributed by atoms with Crippen molar-refractivity contribution < 1.29 is 13.2 Å². The number of carbonyl (C=O) groups excluding carboxylic acids is 1. The summed E-state index contributed by atoms with van der Waals surface area (Å²) in [5.74, 6) is -0.649. The number of aryl methyl sites for hydroxylation is 1. The van der Waals surface area contributed by atoms with Crippen LogP contribution in [0.1, 0.15) is 21.6 Å². The van der Waals surface area contributed by atoms with Crippen LogP contribution in [-0.4, -0.2) is 33.2 Å². The number of pyridine rings is 3. The van der Waals surface area contributed by atoms with Crippen molar-refractivity contribution in [3.05, 3.63) is 108 Å². The minimum absolute atomic E-state index is 0.141. The third kappa shape index (κ3) is 4.04. The molecule has 0 aliphatic rings. The summed E-state index contributed by atoms with van der Waals surface area (Å²) in [7, 11) is -4.01. The van der Waals surface area contributed by atoms with E-state index >= 15 is 0 Å². The molecule has 0 radical (unpaired) electrons. The lowest BCUT2D eigenvalue weighted by Crippen LogP contribution is -2.15. The fourth-order valence-corrected chi connectivity index (χ4v) is 6.46. The molecule has 0 bridgehead atoms. The standard InChI is InChI=1S/C30H23N5O3S/c1-18-5-8-23(9-6-18)39(37,38)35-19(2)28(26-15-22(29(31)36)17-34-30(26)35)20-7-10-27-25(14-20)24(11-13-33-27)21-4-3-12-32-16-21/h3-17H,1-2H3,(H2,31,36). The molecule has 4 aromatic heterocycles. The van der Waals surface area contributed by atoms with Gasteiger partial charge in [0.05, 0.1) is 16.0 Å². The first-order valence-corrected chi connectivity index (χ1v) is 13.6. The van der Waals surface area contributed by atoms with E-state index in [1.165, 1.54) is 10.2 Å². The van der Waals surface area contributed by atoms with Crippen LogP contribution < -0.4 is 5.73 Å². The summed E-state index contributed by atoms with van der Waals surface area (Å²) in [5, 5.41) is 1.38. The van der Waals surface area contributed by atoms with Gasteiger partial charge in [-0.05, 0) is 67.4 Å². The zero-order valence-corrected chi connectivity index (χ0v) is 22.0. The minimum Gasteiger partial charge on any atom is -0.366 e. The second-order valence-corrected chi connectivity index (χ2v) is 11.1. The molecule has 6 aromatic rings. The van der Waals surface area contributed by atoms with E-state index in [1.807, 2.05) is 43.3 Å². The lowest BCUT2D eigenvalue weighted by molar-refractivity contribution is 0.1000. The molecule has 2 N–H and O–H groups in total. The highest BCUT2D eigenvalue weighted by atomic mass is 32.2. The summed E-state index contributed by atoms with van der Waals surface area (Å²) in [4.78, 5) is 25.4. The van der Waals surface area contributed by atoms with Crippen LogP contribution in [0.2, 0.25) is 0 Å². The van der Waals surface area contributed by atoms with Crippen molar-refractivity contribution in [3.63, 3.8) is 0 Å². The van der Waals surface area contributed by atoms with Gasteiger partial charge in [0.2, 0.25) is 5.91 Å². The Labute approximate surface area is 224 Å². The second kappa shape index (κ2) is 9.14. The predicted molar refractivity (Wildman–Crippen MR) is 151 cm³/mol. The Balaban J connectivity index is 1.66. The van der Waals surface area contributed by atoms with Crippen molar-refractivity contribution in [1.29, 1.82) is 0 Å². The van der Waals surface area contributed by atoms with E-state index in [2.05, 4.69) is 15.0 Å². The second-order valence-electron chi connectivity index (χ2n) is 9.33. The summed E-state index contributed by atoms with van der Waals surface area (Å²) in [6.07, 6.45) is 6.56. The summed E-state index contributed by atoms with van der Waals surface area (Å²) in [6.45, 7) is 3.63. The van der Waals surface area contributed by atoms with Crippen LogP contribution in [0.3, 0.4) is 0 Å². The summed E-state index contributed by atoms with van der Waals surface area (Å²) in [6, 6.07) is 19.8. The number of rotatable bonds is 5. The molecular formula is C30H23N5O3S. The van der Waals surface area contributed by atoms with Crippen LogP contribution in [0, 0.1) is 13.8 Å². The SMILES string of the molecule is Cc1ccc(S(=O)(=O)n2c(C)c(-c3ccc4nccc(-c5cccnc5)c4c3)c3cc(C(N)=O)cnc32)cc1. The Hall–Kier alpha value is -4.89. The number of primary amides is 1. The van der Waals surface area contributed by atoms with Crippen LogP contribution in [-0.2, 0) is 10.0 Å². The highest BCUT2D eigenvalue weighted by Gasteiger charge is 2.27. The van der Waals surface area contributed by atoms with E-state index in [0.717, 1.165) is 33.2 Å². The number of nitrogens with zero attached hydrogens (tertiary/aromatic N) is 4. The molecule has 39 heavy (non-hydrogen) atoms. The number of hydrogen-bond donors (Lipinski definition) is 1. The quantitative estimate of drug-likeness (QED) is 0.322. The first-order chi connectivity index (χ1) is 18.8. The first kappa shape index (κ1) is 24.4. The Morgan fingerprint density at radius 3 is 2.36 bits per heavy atom. The molecular weight excluding hydrogens is 510 g/mol. The van der Waals surface area contributed by atoms with E-state index < -0.39 is 15.9 Å². The maximum Gasteiger partial charge on any atom is 0.269 e. The third-order valence-electron chi connectivity index (χ3n) is 6.84. The molecule has 0 spiro atoms. The molecule has 0 aliphatic carbocycles. The van der Waals surface area contributed by atoms with E-state index in [-0.39, 0.29) is 16.1 Å². The van der Waals surface area contributed by atoms with Gasteiger partial charge in [-0.1, -0.05) is 29.8 Å². The largest absolute Gasteiger partial charge is 0.366 e. The Morgan fingerprint density at radius 2 is 1.64 bits per heavy atom. The highest BCUT2D eigenvalue weighted by Crippen LogP contribution is 2.39. The van der Waals surface area contributed by atoms with Crippen molar-refractivity contribution in [2.24, 2.45) is 5.73 Å². The summed E-state index contributed by atoms with van der Waals surface area (Å²) < 4.78 is 29.1. The van der Waals surface area contributed by atoms with Gasteiger partial charge in [-0.15, -0.1) is 0 Å². The molecule has 192 valence electrons. The molecule has 4 heterocycles. The smallest absolute Gasteiger partial charge is 0.269 e. The van der Waals surface area contributed by atoms with Crippen LogP contribution in [0.15, 0.2) is 96.4 Å². The molecule has 0 aliphatic heterocycles. The fraction of sp³-hybridized carbons (Fsp3) is 0.0667. The van der Waals surface area contributed by atoms with Crippen molar-refractivity contribution in [3.8, 4) is 22.3 Å². The number of nitrogens with two attached hydrogens (primary N) is 1. The average Bonchev–Trinajstić information content (AvgIpc) is 3.24. The van der Waals surface area contributed by atoms with Crippen molar-refractivity contribution >= 4 is 37.9 Å². The molecule has 0 saturated heterocycles. The normalized spacial score (nSPS) is 11.7. The van der Waals surface area contributed by atoms with Crippen LogP contribution in [0.5, 0.6) is 0 Å². The summed E-state index contributed by atoms with van der Waals surface area (Å²) >= 11 is 0. The molecule has 1 amide bonds. The number of carbonyl (C=O) groups is 1. The molecule has 0 fully saturated rings. The van der Waals surface area contributed by atoms with Crippen molar-refractivity contribution in [2.75, 3.05) is 0 Å². The van der Waals surface area contributed by atoms with Crippen LogP contribution in [0.25, 0.3) is 44.2 Å². The zero-order valence-electron chi connectivity index (χ0n) is 21.2. The third-order valence-corrected chi connectivity index (χ3v) is 8.64. The van der Waals surface area contributed by atoms with E-state index in [4.69, 9.17) is 5.73 Å². The van der Waals surface area contributed by atoms with Gasteiger partial charge in [-0.3, -0.25) is 14.8 Å². The maximum absolute atomic E-state index is 13.9. The van der Waals surface area contributed by atoms with Gasteiger partial charge in [-0.25, -0.2) is 17.4 Å². The van der Waals surface area contributed by atoms with Crippen LogP contribution >= 0.6 is 0 Å². The molecule has 0 atom stereocenters. The first-order valence-electron chi connectivity index (χ1n) is 12.2. The molecule has 8 nitrogen and oxygen atoms in total. The lowest BCUT2D eigenvalue weighted by atomic mass is 9.97. The van der Waals surface area contributed by atoms with E-state index in [1.54, 1.807) is 55.8 Å². The molecule has 9 heteroatoms. The number of benzene rings is 2. The number of hydrogen-bond acceptors (Lipinski definition) is 6. The van der Waals surface area contributed by atoms with Gasteiger partial charge in [0, 0.05) is 52.4 Å². The zero-order chi connectivity index (χ0) is 27.3. The Kier molecular flexibility index (Phi) is 5.73. The van der Waals surface area contributed by atoms with Gasteiger partial charge in [0.15, 0.2) is 5.65 Å². The number of aromatic nitrogens is 4.